The molecule has 6 rings (SSSR count). The van der Waals surface area contributed by atoms with Gasteiger partial charge in [-0.1, -0.05) is 12.1 Å². The van der Waals surface area contributed by atoms with Crippen LogP contribution in [-0.4, -0.2) is 58.0 Å². The summed E-state index contributed by atoms with van der Waals surface area (Å²) in [4.78, 5) is 9.35. The van der Waals surface area contributed by atoms with Crippen LogP contribution >= 0.6 is 0 Å². The minimum absolute atomic E-state index is 0.226. The predicted molar refractivity (Wildman–Crippen MR) is 128 cm³/mol. The Morgan fingerprint density at radius 2 is 1.91 bits per heavy atom. The lowest BCUT2D eigenvalue weighted by molar-refractivity contribution is 0.340. The Labute approximate surface area is 192 Å². The Hall–Kier alpha value is -3.45. The number of hydrogen-bond acceptors (Lipinski definition) is 4. The Morgan fingerprint density at radius 3 is 2.73 bits per heavy atom. The summed E-state index contributed by atoms with van der Waals surface area (Å²) in [5.41, 5.74) is 6.60. The van der Waals surface area contributed by atoms with Crippen molar-refractivity contribution in [3.8, 4) is 28.3 Å². The normalized spacial score (nSPS) is 17.1. The maximum Gasteiger partial charge on any atom is 0.179 e. The fourth-order valence-corrected chi connectivity index (χ4v) is 5.24. The molecule has 2 aromatic heterocycles. The fraction of sp³-hybridized carbons (Fsp3) is 0.308. The predicted octanol–water partition coefficient (Wildman–Crippen LogP) is 4.29. The number of aromatic nitrogens is 4. The summed E-state index contributed by atoms with van der Waals surface area (Å²) in [6, 6.07) is 15.5. The number of benzene rings is 2. The molecule has 4 heterocycles. The fourth-order valence-electron chi connectivity index (χ4n) is 5.24. The van der Waals surface area contributed by atoms with Gasteiger partial charge in [-0.05, 0) is 74.0 Å². The lowest BCUT2D eigenvalue weighted by Crippen LogP contribution is -2.25. The summed E-state index contributed by atoms with van der Waals surface area (Å²) >= 11 is 0. The van der Waals surface area contributed by atoms with Crippen molar-refractivity contribution in [1.29, 1.82) is 0 Å². The molecule has 0 spiro atoms. The van der Waals surface area contributed by atoms with Crippen LogP contribution in [0.15, 0.2) is 61.1 Å². The molecule has 2 aliphatic rings. The number of anilines is 1. The molecule has 2 aromatic carbocycles. The maximum absolute atomic E-state index is 13.4. The molecule has 4 aromatic rings. The number of halogens is 1. The van der Waals surface area contributed by atoms with Gasteiger partial charge in [-0.15, -0.1) is 0 Å². The number of hydrogen-bond donors (Lipinski definition) is 0. The van der Waals surface area contributed by atoms with Crippen molar-refractivity contribution in [2.24, 2.45) is 5.92 Å². The third-order valence-electron chi connectivity index (χ3n) is 6.76. The molecule has 6 nitrogen and oxygen atoms in total. The van der Waals surface area contributed by atoms with Crippen LogP contribution in [0.3, 0.4) is 0 Å². The Balaban J connectivity index is 1.37. The van der Waals surface area contributed by atoms with Gasteiger partial charge in [0.1, 0.15) is 12.1 Å². The van der Waals surface area contributed by atoms with Crippen molar-refractivity contribution in [3.05, 3.63) is 72.4 Å². The standard InChI is InChI=1S/C26H27FN6/c1-30(2)13-18-9-10-31(14-18)23-7-8-24-21(11-23)16-32-15-20(19-3-5-22(27)6-4-19)12-25(32)26-28-17-29-33(24)26/h3-8,11-12,15,17-18H,9-10,13-14,16H2,1-2H3/t18-/m1/s1. The topological polar surface area (TPSA) is 42.1 Å². The molecule has 2 aliphatic heterocycles. The summed E-state index contributed by atoms with van der Waals surface area (Å²) in [6.07, 6.45) is 4.97. The molecule has 1 atom stereocenters. The molecule has 0 unspecified atom stereocenters. The van der Waals surface area contributed by atoms with Gasteiger partial charge < -0.3 is 14.4 Å². The van der Waals surface area contributed by atoms with E-state index in [9.17, 15) is 4.39 Å². The third kappa shape index (κ3) is 3.62. The number of rotatable bonds is 4. The lowest BCUT2D eigenvalue weighted by Gasteiger charge is -2.21. The average Bonchev–Trinajstić information content (AvgIpc) is 3.53. The van der Waals surface area contributed by atoms with Crippen molar-refractivity contribution < 1.29 is 4.39 Å². The van der Waals surface area contributed by atoms with E-state index in [-0.39, 0.29) is 5.82 Å². The average molecular weight is 443 g/mol. The van der Waals surface area contributed by atoms with Crippen LogP contribution < -0.4 is 4.90 Å². The largest absolute Gasteiger partial charge is 0.371 e. The Kier molecular flexibility index (Phi) is 4.80. The van der Waals surface area contributed by atoms with E-state index in [0.29, 0.717) is 5.92 Å². The van der Waals surface area contributed by atoms with E-state index in [1.807, 2.05) is 16.8 Å². The van der Waals surface area contributed by atoms with Gasteiger partial charge in [0.05, 0.1) is 11.4 Å². The van der Waals surface area contributed by atoms with Crippen molar-refractivity contribution in [3.63, 3.8) is 0 Å². The van der Waals surface area contributed by atoms with Gasteiger partial charge in [0.25, 0.3) is 0 Å². The first-order valence-corrected chi connectivity index (χ1v) is 11.4. The molecule has 7 heteroatoms. The molecular formula is C26H27FN6. The second-order valence-electron chi connectivity index (χ2n) is 9.42. The number of nitrogens with zero attached hydrogens (tertiary/aromatic N) is 6. The monoisotopic (exact) mass is 442 g/mol. The van der Waals surface area contributed by atoms with E-state index < -0.39 is 0 Å². The maximum atomic E-state index is 13.4. The van der Waals surface area contributed by atoms with E-state index in [1.54, 1.807) is 6.33 Å². The SMILES string of the molecule is CN(C)C[C@H]1CCN(c2ccc3c(c2)Cn2cc(-c4ccc(F)cc4)cc2-c2ncnn2-3)C1. The van der Waals surface area contributed by atoms with Crippen LogP contribution in [0.4, 0.5) is 10.1 Å². The van der Waals surface area contributed by atoms with Gasteiger partial charge in [0.15, 0.2) is 5.82 Å². The molecule has 0 saturated carbocycles. The highest BCUT2D eigenvalue weighted by molar-refractivity contribution is 5.71. The van der Waals surface area contributed by atoms with Gasteiger partial charge in [0.2, 0.25) is 0 Å². The zero-order chi connectivity index (χ0) is 22.5. The van der Waals surface area contributed by atoms with Crippen molar-refractivity contribution >= 4 is 5.69 Å². The first-order valence-electron chi connectivity index (χ1n) is 11.4. The second-order valence-corrected chi connectivity index (χ2v) is 9.42. The van der Waals surface area contributed by atoms with Crippen LogP contribution in [0.1, 0.15) is 12.0 Å². The van der Waals surface area contributed by atoms with Crippen LogP contribution in [0.25, 0.3) is 28.3 Å². The summed E-state index contributed by atoms with van der Waals surface area (Å²) in [6.45, 7) is 4.05. The van der Waals surface area contributed by atoms with E-state index >= 15 is 0 Å². The molecule has 0 N–H and O–H groups in total. The van der Waals surface area contributed by atoms with Crippen molar-refractivity contribution in [1.82, 2.24) is 24.2 Å². The zero-order valence-electron chi connectivity index (χ0n) is 18.9. The van der Waals surface area contributed by atoms with E-state index in [2.05, 4.69) is 69.0 Å². The minimum atomic E-state index is -0.226. The summed E-state index contributed by atoms with van der Waals surface area (Å²) in [7, 11) is 4.30. The van der Waals surface area contributed by atoms with Crippen molar-refractivity contribution in [2.75, 3.05) is 38.6 Å². The highest BCUT2D eigenvalue weighted by Gasteiger charge is 2.26. The smallest absolute Gasteiger partial charge is 0.179 e. The summed E-state index contributed by atoms with van der Waals surface area (Å²) < 4.78 is 17.6. The molecule has 168 valence electrons. The van der Waals surface area contributed by atoms with E-state index in [1.165, 1.54) is 29.8 Å². The van der Waals surface area contributed by atoms with Crippen LogP contribution in [0, 0.1) is 11.7 Å². The molecular weight excluding hydrogens is 415 g/mol. The molecule has 1 fully saturated rings. The minimum Gasteiger partial charge on any atom is -0.371 e. The van der Waals surface area contributed by atoms with Crippen LogP contribution in [-0.2, 0) is 6.54 Å². The molecule has 0 bridgehead atoms. The quantitative estimate of drug-likeness (QED) is 0.416. The molecule has 1 saturated heterocycles. The Morgan fingerprint density at radius 1 is 1.06 bits per heavy atom. The van der Waals surface area contributed by atoms with Gasteiger partial charge in [-0.2, -0.15) is 5.10 Å². The van der Waals surface area contributed by atoms with E-state index in [4.69, 9.17) is 0 Å². The lowest BCUT2D eigenvalue weighted by atomic mass is 10.1. The molecule has 33 heavy (non-hydrogen) atoms. The Bertz CT molecular complexity index is 1300. The highest BCUT2D eigenvalue weighted by atomic mass is 19.1. The second kappa shape index (κ2) is 7.85. The third-order valence-corrected chi connectivity index (χ3v) is 6.76. The van der Waals surface area contributed by atoms with Crippen LogP contribution in [0.2, 0.25) is 0 Å². The van der Waals surface area contributed by atoms with Gasteiger partial charge in [-0.3, -0.25) is 0 Å². The van der Waals surface area contributed by atoms with E-state index in [0.717, 1.165) is 54.5 Å². The zero-order valence-corrected chi connectivity index (χ0v) is 18.9. The first kappa shape index (κ1) is 20.2. The first-order chi connectivity index (χ1) is 16.0. The summed E-state index contributed by atoms with van der Waals surface area (Å²) in [5.74, 6) is 1.30. The van der Waals surface area contributed by atoms with Gasteiger partial charge in [-0.25, -0.2) is 14.1 Å². The number of fused-ring (bicyclic) bond motifs is 5. The molecule has 0 amide bonds. The molecule has 0 radical (unpaired) electrons. The molecule has 0 aliphatic carbocycles. The highest BCUT2D eigenvalue weighted by Crippen LogP contribution is 2.35. The van der Waals surface area contributed by atoms with Gasteiger partial charge >= 0.3 is 0 Å². The van der Waals surface area contributed by atoms with Crippen molar-refractivity contribution in [2.45, 2.75) is 13.0 Å². The van der Waals surface area contributed by atoms with Gasteiger partial charge in [0, 0.05) is 43.6 Å². The van der Waals surface area contributed by atoms with Crippen LogP contribution in [0.5, 0.6) is 0 Å². The summed E-state index contributed by atoms with van der Waals surface area (Å²) in [5, 5.41) is 4.55.